The van der Waals surface area contributed by atoms with Crippen molar-refractivity contribution in [2.75, 3.05) is 26.2 Å². The fourth-order valence-corrected chi connectivity index (χ4v) is 5.56. The lowest BCUT2D eigenvalue weighted by Crippen LogP contribution is -2.49. The minimum Gasteiger partial charge on any atom is -0.491 e. The van der Waals surface area contributed by atoms with Crippen LogP contribution in [-0.4, -0.2) is 59.2 Å². The van der Waals surface area contributed by atoms with Crippen LogP contribution in [0.5, 0.6) is 5.75 Å². The predicted octanol–water partition coefficient (Wildman–Crippen LogP) is 4.88. The van der Waals surface area contributed by atoms with Crippen molar-refractivity contribution in [3.05, 3.63) is 87.6 Å². The number of fused-ring (bicyclic) bond motifs is 1. The second kappa shape index (κ2) is 11.8. The van der Waals surface area contributed by atoms with Crippen molar-refractivity contribution in [3.63, 3.8) is 0 Å². The van der Waals surface area contributed by atoms with Gasteiger partial charge < -0.3 is 14.7 Å². The van der Waals surface area contributed by atoms with E-state index in [4.69, 9.17) is 4.74 Å². The van der Waals surface area contributed by atoms with Gasteiger partial charge in [0.25, 0.3) is 0 Å². The maximum absolute atomic E-state index is 13.6. The molecule has 0 radical (unpaired) electrons. The Morgan fingerprint density at radius 3 is 2.60 bits per heavy atom. The second-order valence-electron chi connectivity index (χ2n) is 9.64. The Kier molecular flexibility index (Phi) is 8.60. The number of carbonyl (C=O) groups excluding carboxylic acids is 1. The number of thiophene rings is 1. The van der Waals surface area contributed by atoms with Crippen molar-refractivity contribution in [3.8, 4) is 5.75 Å². The molecule has 186 valence electrons. The molecule has 5 nitrogen and oxygen atoms in total. The Balaban J connectivity index is 1.43. The third-order valence-electron chi connectivity index (χ3n) is 6.67. The lowest BCUT2D eigenvalue weighted by Gasteiger charge is -2.38. The van der Waals surface area contributed by atoms with Gasteiger partial charge in [-0.2, -0.15) is 0 Å². The summed E-state index contributed by atoms with van der Waals surface area (Å²) in [7, 11) is 0. The van der Waals surface area contributed by atoms with Crippen molar-refractivity contribution in [2.45, 2.75) is 51.8 Å². The molecule has 0 saturated carbocycles. The molecule has 0 aliphatic carbocycles. The quantitative estimate of drug-likeness (QED) is 0.439. The highest BCUT2D eigenvalue weighted by Gasteiger charge is 2.33. The number of amides is 1. The van der Waals surface area contributed by atoms with Crippen LogP contribution in [0.15, 0.2) is 66.0 Å². The molecule has 0 fully saturated rings. The first-order valence-corrected chi connectivity index (χ1v) is 13.3. The molecule has 4 rings (SSSR count). The molecule has 1 aromatic heterocycles. The third-order valence-corrected chi connectivity index (χ3v) is 7.67. The molecule has 6 heteroatoms. The van der Waals surface area contributed by atoms with E-state index in [-0.39, 0.29) is 24.5 Å². The van der Waals surface area contributed by atoms with Crippen LogP contribution in [0, 0.1) is 6.92 Å². The molecule has 35 heavy (non-hydrogen) atoms. The first-order chi connectivity index (χ1) is 16.9. The molecule has 0 unspecified atom stereocenters. The van der Waals surface area contributed by atoms with Gasteiger partial charge >= 0.3 is 0 Å². The molecule has 2 atom stereocenters. The SMILES string of the molecule is Cc1ccc(OC[C@@H]2c3ccsc3CCN2C(=O)CN(C[C@H](O)Cc2ccccc2)C(C)C)cc1. The summed E-state index contributed by atoms with van der Waals surface area (Å²) in [6.07, 6.45) is 0.920. The van der Waals surface area contributed by atoms with E-state index < -0.39 is 6.10 Å². The number of rotatable bonds is 10. The lowest BCUT2D eigenvalue weighted by molar-refractivity contribution is -0.137. The minimum absolute atomic E-state index is 0.0833. The number of aliphatic hydroxyl groups is 1. The normalized spacial score (nSPS) is 16.4. The molecule has 0 bridgehead atoms. The highest BCUT2D eigenvalue weighted by molar-refractivity contribution is 7.10. The van der Waals surface area contributed by atoms with Gasteiger partial charge in [-0.25, -0.2) is 0 Å². The first kappa shape index (κ1) is 25.4. The summed E-state index contributed by atoms with van der Waals surface area (Å²) in [5.41, 5.74) is 3.49. The Hall–Kier alpha value is -2.67. The van der Waals surface area contributed by atoms with Crippen LogP contribution >= 0.6 is 11.3 Å². The van der Waals surface area contributed by atoms with Crippen LogP contribution in [0.25, 0.3) is 0 Å². The van der Waals surface area contributed by atoms with Gasteiger partial charge in [-0.15, -0.1) is 11.3 Å². The summed E-state index contributed by atoms with van der Waals surface area (Å²) in [5.74, 6) is 0.901. The number of nitrogens with zero attached hydrogens (tertiary/aromatic N) is 2. The smallest absolute Gasteiger partial charge is 0.237 e. The molecular formula is C29H36N2O3S. The molecule has 2 heterocycles. The summed E-state index contributed by atoms with van der Waals surface area (Å²) in [5, 5.41) is 12.9. The van der Waals surface area contributed by atoms with Crippen molar-refractivity contribution in [1.29, 1.82) is 0 Å². The van der Waals surface area contributed by atoms with Gasteiger partial charge in [-0.3, -0.25) is 9.69 Å². The van der Waals surface area contributed by atoms with Crippen LogP contribution in [0.3, 0.4) is 0 Å². The van der Waals surface area contributed by atoms with Gasteiger partial charge in [0.1, 0.15) is 12.4 Å². The van der Waals surface area contributed by atoms with Crippen molar-refractivity contribution >= 4 is 17.2 Å². The van der Waals surface area contributed by atoms with E-state index in [9.17, 15) is 9.90 Å². The van der Waals surface area contributed by atoms with Crippen LogP contribution in [0.1, 0.15) is 41.5 Å². The number of benzene rings is 2. The zero-order valence-electron chi connectivity index (χ0n) is 20.9. The highest BCUT2D eigenvalue weighted by atomic mass is 32.1. The standard InChI is InChI=1S/C29H36N2O3S/c1-21(2)30(18-24(32)17-23-7-5-4-6-8-23)19-29(33)31-15-13-28-26(14-16-35-28)27(31)20-34-25-11-9-22(3)10-12-25/h4-12,14,16,21,24,27,32H,13,15,17-20H2,1-3H3/t24-,27-/m1/s1. The van der Waals surface area contributed by atoms with Crippen LogP contribution in [0.2, 0.25) is 0 Å². The van der Waals surface area contributed by atoms with Gasteiger partial charge in [0, 0.05) is 24.0 Å². The molecular weight excluding hydrogens is 456 g/mol. The van der Waals surface area contributed by atoms with E-state index >= 15 is 0 Å². The topological polar surface area (TPSA) is 53.0 Å². The number of hydrogen-bond donors (Lipinski definition) is 1. The van der Waals surface area contributed by atoms with Crippen LogP contribution in [-0.2, 0) is 17.6 Å². The van der Waals surface area contributed by atoms with Gasteiger partial charge in [0.2, 0.25) is 5.91 Å². The van der Waals surface area contributed by atoms with E-state index in [1.165, 1.54) is 16.0 Å². The number of ether oxygens (including phenoxy) is 1. The lowest BCUT2D eigenvalue weighted by atomic mass is 10.00. The van der Waals surface area contributed by atoms with Crippen molar-refractivity contribution < 1.29 is 14.6 Å². The number of aryl methyl sites for hydroxylation is 1. The summed E-state index contributed by atoms with van der Waals surface area (Å²) in [4.78, 5) is 19.0. The van der Waals surface area contributed by atoms with Crippen molar-refractivity contribution in [1.82, 2.24) is 9.80 Å². The summed E-state index contributed by atoms with van der Waals surface area (Å²) >= 11 is 1.76. The average molecular weight is 493 g/mol. The number of carbonyl (C=O) groups is 1. The van der Waals surface area contributed by atoms with E-state index in [0.29, 0.717) is 26.1 Å². The van der Waals surface area contributed by atoms with Gasteiger partial charge in [0.05, 0.1) is 18.7 Å². The predicted molar refractivity (Wildman–Crippen MR) is 142 cm³/mol. The van der Waals surface area contributed by atoms with E-state index in [2.05, 4.69) is 37.1 Å². The van der Waals surface area contributed by atoms with E-state index in [1.807, 2.05) is 59.5 Å². The molecule has 0 saturated heterocycles. The second-order valence-corrected chi connectivity index (χ2v) is 10.6. The van der Waals surface area contributed by atoms with Gasteiger partial charge in [0.15, 0.2) is 0 Å². The fraction of sp³-hybridized carbons (Fsp3) is 0.414. The van der Waals surface area contributed by atoms with Gasteiger partial charge in [-0.1, -0.05) is 48.0 Å². The van der Waals surface area contributed by atoms with Crippen molar-refractivity contribution in [2.24, 2.45) is 0 Å². The summed E-state index contributed by atoms with van der Waals surface area (Å²) in [6.45, 7) is 8.07. The van der Waals surface area contributed by atoms with Crippen LogP contribution < -0.4 is 4.74 Å². The molecule has 0 spiro atoms. The Morgan fingerprint density at radius 1 is 1.14 bits per heavy atom. The van der Waals surface area contributed by atoms with Crippen LogP contribution in [0.4, 0.5) is 0 Å². The maximum Gasteiger partial charge on any atom is 0.237 e. The Labute approximate surface area is 213 Å². The zero-order valence-corrected chi connectivity index (χ0v) is 21.7. The maximum atomic E-state index is 13.6. The van der Waals surface area contributed by atoms with E-state index in [0.717, 1.165) is 17.7 Å². The molecule has 1 amide bonds. The molecule has 1 aliphatic heterocycles. The summed E-state index contributed by atoms with van der Waals surface area (Å²) < 4.78 is 6.15. The van der Waals surface area contributed by atoms with Gasteiger partial charge in [-0.05, 0) is 68.3 Å². The summed E-state index contributed by atoms with van der Waals surface area (Å²) in [6, 6.07) is 20.2. The molecule has 3 aromatic rings. The minimum atomic E-state index is -0.530. The first-order valence-electron chi connectivity index (χ1n) is 12.4. The average Bonchev–Trinajstić information content (AvgIpc) is 3.33. The molecule has 1 aliphatic rings. The monoisotopic (exact) mass is 492 g/mol. The number of aliphatic hydroxyl groups excluding tert-OH is 1. The highest BCUT2D eigenvalue weighted by Crippen LogP contribution is 2.34. The number of hydrogen-bond acceptors (Lipinski definition) is 5. The Bertz CT molecular complexity index is 1080. The fourth-order valence-electron chi connectivity index (χ4n) is 4.63. The Morgan fingerprint density at radius 2 is 1.89 bits per heavy atom. The largest absolute Gasteiger partial charge is 0.491 e. The molecule has 2 aromatic carbocycles. The zero-order chi connectivity index (χ0) is 24.8. The third kappa shape index (κ3) is 6.72. The van der Waals surface area contributed by atoms with E-state index in [1.54, 1.807) is 11.3 Å². The molecule has 1 N–H and O–H groups in total.